The van der Waals surface area contributed by atoms with Gasteiger partial charge in [-0.05, 0) is 36.4 Å². The highest BCUT2D eigenvalue weighted by Gasteiger charge is 2.26. The number of halogens is 2. The highest BCUT2D eigenvalue weighted by Crippen LogP contribution is 2.20. The number of hydrogen-bond acceptors (Lipinski definition) is 4. The van der Waals surface area contributed by atoms with Gasteiger partial charge in [0.25, 0.3) is 5.91 Å². The van der Waals surface area contributed by atoms with E-state index < -0.39 is 26.4 Å². The summed E-state index contributed by atoms with van der Waals surface area (Å²) in [6.45, 7) is 0. The molecule has 0 aliphatic heterocycles. The van der Waals surface area contributed by atoms with Crippen LogP contribution in [0.25, 0.3) is 10.9 Å². The van der Waals surface area contributed by atoms with Crippen molar-refractivity contribution in [3.63, 3.8) is 0 Å². The van der Waals surface area contributed by atoms with E-state index in [0.29, 0.717) is 5.69 Å². The first kappa shape index (κ1) is 17.0. The molecule has 1 heterocycles. The van der Waals surface area contributed by atoms with Crippen LogP contribution in [-0.2, 0) is 9.84 Å². The quantitative estimate of drug-likeness (QED) is 0.771. The molecule has 0 aliphatic carbocycles. The number of hydrogen-bond donors (Lipinski definition) is 1. The van der Waals surface area contributed by atoms with Gasteiger partial charge in [-0.25, -0.2) is 8.42 Å². The summed E-state index contributed by atoms with van der Waals surface area (Å²) in [7, 11) is -4.68. The molecule has 2 aromatic carbocycles. The van der Waals surface area contributed by atoms with E-state index in [9.17, 15) is 22.0 Å². The summed E-state index contributed by atoms with van der Waals surface area (Å²) in [5.41, 5.74) is 1.39. The average Bonchev–Trinajstić information content (AvgIpc) is 2.61. The zero-order chi connectivity index (χ0) is 18.0. The summed E-state index contributed by atoms with van der Waals surface area (Å²) in [6, 6.07) is 13.4. The van der Waals surface area contributed by atoms with Crippen molar-refractivity contribution in [2.75, 3.05) is 5.32 Å². The lowest BCUT2D eigenvalue weighted by Crippen LogP contribution is -2.14. The molecule has 0 bridgehead atoms. The van der Waals surface area contributed by atoms with Crippen LogP contribution in [0.2, 0.25) is 0 Å². The molecular formula is C17H12F2N2O3S. The van der Waals surface area contributed by atoms with Crippen molar-refractivity contribution in [1.82, 2.24) is 4.98 Å². The lowest BCUT2D eigenvalue weighted by molar-refractivity contribution is 0.102. The van der Waals surface area contributed by atoms with Crippen molar-refractivity contribution >= 4 is 32.3 Å². The average molecular weight is 362 g/mol. The summed E-state index contributed by atoms with van der Waals surface area (Å²) in [6.07, 6.45) is 1.50. The second-order valence-electron chi connectivity index (χ2n) is 5.20. The normalized spacial score (nSPS) is 11.6. The summed E-state index contributed by atoms with van der Waals surface area (Å²) in [5.74, 6) is -4.01. The largest absolute Gasteiger partial charge is 0.341 e. The molecule has 3 rings (SSSR count). The number of fused-ring (bicyclic) bond motifs is 1. The molecule has 0 saturated carbocycles. The summed E-state index contributed by atoms with van der Waals surface area (Å²) < 4.78 is 47.7. The first-order chi connectivity index (χ1) is 11.9. The summed E-state index contributed by atoms with van der Waals surface area (Å²) in [5, 5.41) is 3.48. The highest BCUT2D eigenvalue weighted by molar-refractivity contribution is 7.91. The maximum Gasteiger partial charge on any atom is 0.341 e. The van der Waals surface area contributed by atoms with Gasteiger partial charge in [-0.3, -0.25) is 9.78 Å². The number of aromatic nitrogens is 1. The Morgan fingerprint density at radius 3 is 2.40 bits per heavy atom. The van der Waals surface area contributed by atoms with E-state index in [2.05, 4.69) is 10.3 Å². The first-order valence-corrected chi connectivity index (χ1v) is 8.71. The van der Waals surface area contributed by atoms with Crippen molar-refractivity contribution in [3.05, 3.63) is 66.4 Å². The number of sulfone groups is 1. The predicted octanol–water partition coefficient (Wildman–Crippen LogP) is 3.48. The third-order valence-corrected chi connectivity index (χ3v) is 4.93. The number of alkyl halides is 2. The van der Waals surface area contributed by atoms with Gasteiger partial charge in [0.05, 0.1) is 22.3 Å². The Labute approximate surface area is 142 Å². The number of anilines is 1. The zero-order valence-corrected chi connectivity index (χ0v) is 13.5. The lowest BCUT2D eigenvalue weighted by atomic mass is 10.2. The number of benzene rings is 2. The topological polar surface area (TPSA) is 76.1 Å². The Hall–Kier alpha value is -2.87. The van der Waals surface area contributed by atoms with Gasteiger partial charge < -0.3 is 5.32 Å². The van der Waals surface area contributed by atoms with E-state index in [1.54, 1.807) is 6.07 Å². The van der Waals surface area contributed by atoms with Gasteiger partial charge in [-0.1, -0.05) is 18.2 Å². The van der Waals surface area contributed by atoms with Crippen LogP contribution in [0.3, 0.4) is 0 Å². The number of carbonyl (C=O) groups excluding carboxylic acids is 1. The molecule has 1 amide bonds. The smallest absolute Gasteiger partial charge is 0.321 e. The Bertz CT molecular complexity index is 1040. The Balaban J connectivity index is 1.81. The van der Waals surface area contributed by atoms with Crippen molar-refractivity contribution in [2.24, 2.45) is 0 Å². The molecule has 5 nitrogen and oxygen atoms in total. The third kappa shape index (κ3) is 3.48. The van der Waals surface area contributed by atoms with E-state index in [4.69, 9.17) is 0 Å². The van der Waals surface area contributed by atoms with Crippen molar-refractivity contribution in [1.29, 1.82) is 0 Å². The highest BCUT2D eigenvalue weighted by atomic mass is 32.2. The van der Waals surface area contributed by atoms with Crippen LogP contribution in [0.1, 0.15) is 10.4 Å². The fourth-order valence-electron chi connectivity index (χ4n) is 2.24. The SMILES string of the molecule is O=C(Nc1cnc2ccccc2c1)c1ccc(S(=O)(=O)C(F)F)cc1. The van der Waals surface area contributed by atoms with E-state index in [0.717, 1.165) is 23.0 Å². The van der Waals surface area contributed by atoms with Gasteiger partial charge in [-0.2, -0.15) is 8.78 Å². The molecule has 0 spiro atoms. The molecular weight excluding hydrogens is 350 g/mol. The molecule has 1 N–H and O–H groups in total. The fraction of sp³-hybridized carbons (Fsp3) is 0.0588. The monoisotopic (exact) mass is 362 g/mol. The molecule has 1 aromatic heterocycles. The lowest BCUT2D eigenvalue weighted by Gasteiger charge is -2.07. The Kier molecular flexibility index (Phi) is 4.45. The number of rotatable bonds is 4. The van der Waals surface area contributed by atoms with Crippen LogP contribution in [-0.4, -0.2) is 25.1 Å². The van der Waals surface area contributed by atoms with Crippen LogP contribution >= 0.6 is 0 Å². The molecule has 0 atom stereocenters. The molecule has 0 unspecified atom stereocenters. The molecule has 128 valence electrons. The fourth-order valence-corrected chi connectivity index (χ4v) is 2.96. The van der Waals surface area contributed by atoms with Gasteiger partial charge in [0.1, 0.15) is 0 Å². The summed E-state index contributed by atoms with van der Waals surface area (Å²) in [4.78, 5) is 15.9. The van der Waals surface area contributed by atoms with Crippen LogP contribution < -0.4 is 5.32 Å². The molecule has 25 heavy (non-hydrogen) atoms. The Morgan fingerprint density at radius 2 is 1.72 bits per heavy atom. The number of pyridine rings is 1. The first-order valence-electron chi connectivity index (χ1n) is 7.16. The van der Waals surface area contributed by atoms with Gasteiger partial charge in [-0.15, -0.1) is 0 Å². The zero-order valence-electron chi connectivity index (χ0n) is 12.7. The van der Waals surface area contributed by atoms with E-state index in [1.807, 2.05) is 24.3 Å². The molecule has 8 heteroatoms. The maximum atomic E-state index is 12.5. The van der Waals surface area contributed by atoms with Crippen LogP contribution in [0.15, 0.2) is 65.7 Å². The predicted molar refractivity (Wildman–Crippen MR) is 89.3 cm³/mol. The molecule has 0 fully saturated rings. The number of nitrogens with zero attached hydrogens (tertiary/aromatic N) is 1. The second-order valence-corrected chi connectivity index (χ2v) is 7.12. The maximum absolute atomic E-state index is 12.5. The van der Waals surface area contributed by atoms with Gasteiger partial charge >= 0.3 is 5.76 Å². The number of amides is 1. The van der Waals surface area contributed by atoms with Gasteiger partial charge in [0, 0.05) is 10.9 Å². The van der Waals surface area contributed by atoms with E-state index in [-0.39, 0.29) is 5.56 Å². The Morgan fingerprint density at radius 1 is 1.04 bits per heavy atom. The summed E-state index contributed by atoms with van der Waals surface area (Å²) >= 11 is 0. The van der Waals surface area contributed by atoms with Gasteiger partial charge in [0.15, 0.2) is 0 Å². The van der Waals surface area contributed by atoms with Crippen molar-refractivity contribution in [3.8, 4) is 0 Å². The minimum absolute atomic E-state index is 0.140. The third-order valence-electron chi connectivity index (χ3n) is 3.53. The minimum Gasteiger partial charge on any atom is -0.321 e. The molecule has 0 aliphatic rings. The van der Waals surface area contributed by atoms with Crippen molar-refractivity contribution < 1.29 is 22.0 Å². The second kappa shape index (κ2) is 6.56. The number of carbonyl (C=O) groups is 1. The van der Waals surface area contributed by atoms with Crippen LogP contribution in [0.5, 0.6) is 0 Å². The van der Waals surface area contributed by atoms with Crippen molar-refractivity contribution in [2.45, 2.75) is 10.7 Å². The van der Waals surface area contributed by atoms with Crippen LogP contribution in [0.4, 0.5) is 14.5 Å². The number of para-hydroxylation sites is 1. The minimum atomic E-state index is -4.68. The van der Waals surface area contributed by atoms with E-state index >= 15 is 0 Å². The van der Waals surface area contributed by atoms with Gasteiger partial charge in [0.2, 0.25) is 9.84 Å². The standard InChI is InChI=1S/C17H12F2N2O3S/c18-17(19)25(23,24)14-7-5-11(6-8-14)16(22)21-13-9-12-3-1-2-4-15(12)20-10-13/h1-10,17H,(H,21,22). The molecule has 0 saturated heterocycles. The van der Waals surface area contributed by atoms with Crippen LogP contribution in [0, 0.1) is 0 Å². The molecule has 3 aromatic rings. The number of nitrogens with one attached hydrogen (secondary N) is 1. The molecule has 0 radical (unpaired) electrons. The van der Waals surface area contributed by atoms with E-state index in [1.165, 1.54) is 18.3 Å².